The van der Waals surface area contributed by atoms with Crippen LogP contribution in [0.15, 0.2) is 72.1 Å². The predicted octanol–water partition coefficient (Wildman–Crippen LogP) is 5.28. The largest absolute Gasteiger partial charge is 0.381 e. The maximum atomic E-state index is 13.3. The number of ether oxygens (including phenoxy) is 1. The van der Waals surface area contributed by atoms with Gasteiger partial charge in [0.25, 0.3) is 5.91 Å². The number of hydrogen-bond donors (Lipinski definition) is 0. The van der Waals surface area contributed by atoms with Crippen LogP contribution in [0.4, 0.5) is 0 Å². The van der Waals surface area contributed by atoms with Crippen molar-refractivity contribution in [2.24, 2.45) is 0 Å². The quantitative estimate of drug-likeness (QED) is 0.572. The van der Waals surface area contributed by atoms with Crippen LogP contribution in [0, 0.1) is 0 Å². The Kier molecular flexibility index (Phi) is 6.20. The summed E-state index contributed by atoms with van der Waals surface area (Å²) in [7, 11) is 0. The molecule has 0 unspecified atom stereocenters. The Hall–Kier alpha value is -2.43. The maximum absolute atomic E-state index is 13.3. The number of benzene rings is 2. The number of amides is 1. The third kappa shape index (κ3) is 4.51. The van der Waals surface area contributed by atoms with Crippen molar-refractivity contribution in [1.29, 1.82) is 0 Å². The van der Waals surface area contributed by atoms with E-state index in [9.17, 15) is 4.79 Å². The Morgan fingerprint density at radius 2 is 1.64 bits per heavy atom. The molecular formula is C24H25NO2S. The molecule has 0 radical (unpaired) electrons. The molecular weight excluding hydrogens is 366 g/mol. The van der Waals surface area contributed by atoms with Crippen LogP contribution >= 0.6 is 11.3 Å². The standard InChI is InChI=1S/C24H25NO2S/c26-24(21-10-8-20(9-11-21)19-5-2-1-3-6-19)25(22-13-16-27-17-14-22)15-12-23-7-4-18-28-23/h1-11,18,22H,12-17H2. The molecule has 1 saturated heterocycles. The number of hydrogen-bond acceptors (Lipinski definition) is 3. The molecule has 0 saturated carbocycles. The van der Waals surface area contributed by atoms with E-state index in [2.05, 4.69) is 34.5 Å². The van der Waals surface area contributed by atoms with Gasteiger partial charge in [0.1, 0.15) is 0 Å². The van der Waals surface area contributed by atoms with Crippen LogP contribution in [-0.2, 0) is 11.2 Å². The van der Waals surface area contributed by atoms with Crippen LogP contribution in [0.5, 0.6) is 0 Å². The third-order valence-corrected chi connectivity index (χ3v) is 6.25. The van der Waals surface area contributed by atoms with E-state index in [-0.39, 0.29) is 11.9 Å². The highest BCUT2D eigenvalue weighted by molar-refractivity contribution is 7.09. The van der Waals surface area contributed by atoms with Gasteiger partial charge in [-0.1, -0.05) is 48.5 Å². The van der Waals surface area contributed by atoms with Gasteiger partial charge in [-0.2, -0.15) is 0 Å². The molecule has 0 spiro atoms. The number of carbonyl (C=O) groups excluding carboxylic acids is 1. The molecule has 28 heavy (non-hydrogen) atoms. The van der Waals surface area contributed by atoms with Gasteiger partial charge in [-0.25, -0.2) is 0 Å². The minimum absolute atomic E-state index is 0.128. The van der Waals surface area contributed by atoms with Crippen molar-refractivity contribution >= 4 is 17.2 Å². The van der Waals surface area contributed by atoms with Crippen molar-refractivity contribution in [2.45, 2.75) is 25.3 Å². The molecule has 4 heteroatoms. The van der Waals surface area contributed by atoms with Crippen LogP contribution < -0.4 is 0 Å². The lowest BCUT2D eigenvalue weighted by Gasteiger charge is -2.34. The van der Waals surface area contributed by atoms with E-state index in [1.807, 2.05) is 42.5 Å². The zero-order chi connectivity index (χ0) is 19.2. The monoisotopic (exact) mass is 391 g/mol. The topological polar surface area (TPSA) is 29.5 Å². The lowest BCUT2D eigenvalue weighted by Crippen LogP contribution is -2.44. The minimum Gasteiger partial charge on any atom is -0.381 e. The summed E-state index contributed by atoms with van der Waals surface area (Å²) in [5.74, 6) is 0.128. The first-order valence-electron chi connectivity index (χ1n) is 9.88. The highest BCUT2D eigenvalue weighted by Gasteiger charge is 2.26. The van der Waals surface area contributed by atoms with E-state index in [1.165, 1.54) is 10.4 Å². The molecule has 3 aromatic rings. The van der Waals surface area contributed by atoms with Gasteiger partial charge in [-0.15, -0.1) is 11.3 Å². The van der Waals surface area contributed by atoms with E-state index >= 15 is 0 Å². The average molecular weight is 392 g/mol. The molecule has 3 nitrogen and oxygen atoms in total. The Balaban J connectivity index is 1.52. The second-order valence-corrected chi connectivity index (χ2v) is 8.15. The summed E-state index contributed by atoms with van der Waals surface area (Å²) in [5, 5.41) is 2.10. The van der Waals surface area contributed by atoms with Gasteiger partial charge in [0.05, 0.1) is 0 Å². The van der Waals surface area contributed by atoms with Crippen molar-refractivity contribution in [1.82, 2.24) is 4.90 Å². The first kappa shape index (κ1) is 18.9. The van der Waals surface area contributed by atoms with Crippen molar-refractivity contribution in [2.75, 3.05) is 19.8 Å². The highest BCUT2D eigenvalue weighted by Crippen LogP contribution is 2.23. The van der Waals surface area contributed by atoms with Crippen molar-refractivity contribution in [3.05, 3.63) is 82.6 Å². The fourth-order valence-corrected chi connectivity index (χ4v) is 4.43. The van der Waals surface area contributed by atoms with Crippen molar-refractivity contribution < 1.29 is 9.53 Å². The molecule has 0 N–H and O–H groups in total. The number of carbonyl (C=O) groups is 1. The predicted molar refractivity (Wildman–Crippen MR) is 115 cm³/mol. The zero-order valence-electron chi connectivity index (χ0n) is 15.9. The number of thiophene rings is 1. The van der Waals surface area contributed by atoms with Gasteiger partial charge in [0.2, 0.25) is 0 Å². The minimum atomic E-state index is 0.128. The lowest BCUT2D eigenvalue weighted by molar-refractivity contribution is 0.0294. The molecule has 144 valence electrons. The summed E-state index contributed by atoms with van der Waals surface area (Å²) >= 11 is 1.76. The second-order valence-electron chi connectivity index (χ2n) is 7.11. The Labute approximate surface area is 170 Å². The van der Waals surface area contributed by atoms with E-state index in [0.717, 1.165) is 50.1 Å². The Morgan fingerprint density at radius 1 is 0.929 bits per heavy atom. The Bertz CT molecular complexity index is 869. The first-order chi connectivity index (χ1) is 13.8. The molecule has 4 rings (SSSR count). The van der Waals surface area contributed by atoms with Gasteiger partial charge >= 0.3 is 0 Å². The normalized spacial score (nSPS) is 14.7. The van der Waals surface area contributed by atoms with Crippen LogP contribution in [0.3, 0.4) is 0 Å². The molecule has 2 heterocycles. The Morgan fingerprint density at radius 3 is 2.32 bits per heavy atom. The highest BCUT2D eigenvalue weighted by atomic mass is 32.1. The summed E-state index contributed by atoms with van der Waals surface area (Å²) < 4.78 is 5.51. The molecule has 0 aliphatic carbocycles. The molecule has 1 amide bonds. The third-order valence-electron chi connectivity index (χ3n) is 5.31. The van der Waals surface area contributed by atoms with E-state index in [1.54, 1.807) is 11.3 Å². The van der Waals surface area contributed by atoms with E-state index in [0.29, 0.717) is 0 Å². The number of nitrogens with zero attached hydrogens (tertiary/aromatic N) is 1. The lowest BCUT2D eigenvalue weighted by atomic mass is 10.0. The van der Waals surface area contributed by atoms with Crippen LogP contribution in [0.2, 0.25) is 0 Å². The fourth-order valence-electron chi connectivity index (χ4n) is 3.73. The molecule has 2 aromatic carbocycles. The molecule has 1 aliphatic rings. The van der Waals surface area contributed by atoms with Gasteiger partial charge in [0, 0.05) is 36.2 Å². The number of rotatable bonds is 6. The van der Waals surface area contributed by atoms with Gasteiger partial charge in [-0.05, 0) is 54.0 Å². The van der Waals surface area contributed by atoms with E-state index < -0.39 is 0 Å². The first-order valence-corrected chi connectivity index (χ1v) is 10.8. The molecule has 1 fully saturated rings. The van der Waals surface area contributed by atoms with Gasteiger partial charge < -0.3 is 9.64 Å². The maximum Gasteiger partial charge on any atom is 0.254 e. The molecule has 1 aromatic heterocycles. The summed E-state index contributed by atoms with van der Waals surface area (Å²) in [5.41, 5.74) is 3.06. The summed E-state index contributed by atoms with van der Waals surface area (Å²) in [4.78, 5) is 16.7. The second kappa shape index (κ2) is 9.18. The molecule has 0 bridgehead atoms. The smallest absolute Gasteiger partial charge is 0.254 e. The summed E-state index contributed by atoms with van der Waals surface area (Å²) in [6.07, 6.45) is 2.74. The molecule has 0 atom stereocenters. The summed E-state index contributed by atoms with van der Waals surface area (Å²) in [6.45, 7) is 2.23. The fraction of sp³-hybridized carbons (Fsp3) is 0.292. The van der Waals surface area contributed by atoms with Gasteiger partial charge in [-0.3, -0.25) is 4.79 Å². The van der Waals surface area contributed by atoms with Crippen molar-refractivity contribution in [3.63, 3.8) is 0 Å². The zero-order valence-corrected chi connectivity index (χ0v) is 16.7. The van der Waals surface area contributed by atoms with Crippen LogP contribution in [0.25, 0.3) is 11.1 Å². The van der Waals surface area contributed by atoms with Crippen molar-refractivity contribution in [3.8, 4) is 11.1 Å². The SMILES string of the molecule is O=C(c1ccc(-c2ccccc2)cc1)N(CCc1cccs1)C1CCOCC1. The van der Waals surface area contributed by atoms with Crippen LogP contribution in [-0.4, -0.2) is 36.6 Å². The van der Waals surface area contributed by atoms with Crippen LogP contribution in [0.1, 0.15) is 28.1 Å². The molecule has 1 aliphatic heterocycles. The van der Waals surface area contributed by atoms with E-state index in [4.69, 9.17) is 4.74 Å². The van der Waals surface area contributed by atoms with Gasteiger partial charge in [0.15, 0.2) is 0 Å². The summed E-state index contributed by atoms with van der Waals surface area (Å²) in [6, 6.07) is 22.7. The average Bonchev–Trinajstić information content (AvgIpc) is 3.29.